The van der Waals surface area contributed by atoms with Gasteiger partial charge in [0.2, 0.25) is 0 Å². The van der Waals surface area contributed by atoms with E-state index in [-0.39, 0.29) is 17.4 Å². The van der Waals surface area contributed by atoms with Gasteiger partial charge in [0.25, 0.3) is 0 Å². The van der Waals surface area contributed by atoms with Crippen LogP contribution in [0, 0.1) is 32.4 Å². The molecular formula is AlCl3O9-3. The van der Waals surface area contributed by atoms with Gasteiger partial charge in [-0.15, -0.1) is 0 Å². The van der Waals surface area contributed by atoms with Crippen LogP contribution in [0.1, 0.15) is 0 Å². The molecule has 0 aliphatic heterocycles. The van der Waals surface area contributed by atoms with Gasteiger partial charge in [0, 0.05) is 17.4 Å². The molecule has 0 bridgehead atoms. The Morgan fingerprint density at radius 1 is 0.385 bits per heavy atom. The van der Waals surface area contributed by atoms with Crippen molar-refractivity contribution >= 4 is 17.4 Å². The predicted molar refractivity (Wildman–Crippen MR) is 5.75 cm³/mol. The van der Waals surface area contributed by atoms with E-state index in [0.717, 1.165) is 0 Å². The van der Waals surface area contributed by atoms with Gasteiger partial charge in [0.15, 0.2) is 0 Å². The van der Waals surface area contributed by atoms with E-state index < -0.39 is 32.4 Å². The summed E-state index contributed by atoms with van der Waals surface area (Å²) in [4.78, 5) is 0. The highest BCUT2D eigenvalue weighted by molar-refractivity contribution is 5.75. The van der Waals surface area contributed by atoms with E-state index in [1.807, 2.05) is 0 Å². The smallest absolute Gasteiger partial charge is 0.0695 e. The second-order valence-electron chi connectivity index (χ2n) is 0.567. The van der Waals surface area contributed by atoms with Crippen molar-refractivity contribution in [3.05, 3.63) is 0 Å². The van der Waals surface area contributed by atoms with Gasteiger partial charge in [0.1, 0.15) is 0 Å². The molecule has 0 atom stereocenters. The van der Waals surface area contributed by atoms with Gasteiger partial charge in [0.05, 0.1) is 32.4 Å². The zero-order valence-corrected chi connectivity index (χ0v) is 8.81. The van der Waals surface area contributed by atoms with Crippen molar-refractivity contribution in [3.63, 3.8) is 0 Å². The molecule has 3 radical (unpaired) electrons. The molecule has 0 aliphatic rings. The lowest BCUT2D eigenvalue weighted by Gasteiger charge is -1.89. The Labute approximate surface area is 91.8 Å². The molecule has 0 saturated carbocycles. The lowest BCUT2D eigenvalue weighted by atomic mass is 15.8. The van der Waals surface area contributed by atoms with E-state index >= 15 is 0 Å². The monoisotopic (exact) mass is 276 g/mol. The van der Waals surface area contributed by atoms with Crippen molar-refractivity contribution in [2.75, 3.05) is 0 Å². The van der Waals surface area contributed by atoms with Gasteiger partial charge in [-0.3, -0.25) is 0 Å². The lowest BCUT2D eigenvalue weighted by Crippen LogP contribution is -2.43. The van der Waals surface area contributed by atoms with Gasteiger partial charge in [-0.25, -0.2) is 0 Å². The first kappa shape index (κ1) is 23.7. The summed E-state index contributed by atoms with van der Waals surface area (Å²) in [7, 11) is -8.56. The number of halogens is 3. The highest BCUT2D eigenvalue weighted by atomic mass is 35.6. The topological polar surface area (TPSA) is 208 Å². The standard InChI is InChI=1S/Al.3ClO3/c;3*2-1(3)4/q;3*-1. The average Bonchev–Trinajstić information content (AvgIpc) is 1.54. The Morgan fingerprint density at radius 3 is 0.385 bits per heavy atom. The molecule has 9 nitrogen and oxygen atoms in total. The zero-order chi connectivity index (χ0) is 10.7. The first-order valence-corrected chi connectivity index (χ1v) is 4.17. The van der Waals surface area contributed by atoms with Crippen LogP contribution in [0.15, 0.2) is 0 Å². The number of rotatable bonds is 0. The number of hydrogen-bond acceptors (Lipinski definition) is 9. The average molecular weight is 277 g/mol. The molecule has 13 heteroatoms. The van der Waals surface area contributed by atoms with Crippen molar-refractivity contribution in [1.29, 1.82) is 0 Å². The van der Waals surface area contributed by atoms with E-state index in [1.165, 1.54) is 0 Å². The van der Waals surface area contributed by atoms with Crippen molar-refractivity contribution in [2.24, 2.45) is 0 Å². The van der Waals surface area contributed by atoms with Crippen LogP contribution in [0.5, 0.6) is 0 Å². The van der Waals surface area contributed by atoms with Gasteiger partial charge in [-0.1, -0.05) is 0 Å². The summed E-state index contributed by atoms with van der Waals surface area (Å²) in [6.07, 6.45) is 0. The summed E-state index contributed by atoms with van der Waals surface area (Å²) in [5, 5.41) is 0. The summed E-state index contributed by atoms with van der Waals surface area (Å²) in [6.45, 7) is 0. The second kappa shape index (κ2) is 18.8. The fourth-order valence-corrected chi connectivity index (χ4v) is 0. The molecule has 0 spiro atoms. The molecular weight excluding hydrogens is 277 g/mol. The van der Waals surface area contributed by atoms with Gasteiger partial charge >= 0.3 is 0 Å². The zero-order valence-electron chi connectivity index (χ0n) is 5.39. The Hall–Kier alpha value is 1.04. The molecule has 0 aromatic carbocycles. The molecule has 0 fully saturated rings. The fraction of sp³-hybridized carbons (Fsp3) is 0. The molecule has 0 aliphatic carbocycles. The van der Waals surface area contributed by atoms with E-state index in [2.05, 4.69) is 0 Å². The minimum atomic E-state index is -2.85. The van der Waals surface area contributed by atoms with Crippen molar-refractivity contribution < 1.29 is 74.3 Å². The van der Waals surface area contributed by atoms with E-state index in [4.69, 9.17) is 41.9 Å². The van der Waals surface area contributed by atoms with Crippen LogP contribution in [-0.4, -0.2) is 17.4 Å². The Morgan fingerprint density at radius 2 is 0.385 bits per heavy atom. The maximum absolute atomic E-state index is 8.41. The Balaban J connectivity index is -0.0000000450. The molecule has 0 amide bonds. The van der Waals surface area contributed by atoms with Crippen LogP contribution < -0.4 is 41.9 Å². The number of hydrogen-bond donors (Lipinski definition) is 0. The van der Waals surface area contributed by atoms with E-state index in [0.29, 0.717) is 0 Å². The quantitative estimate of drug-likeness (QED) is 0.384. The molecule has 0 unspecified atom stereocenters. The molecule has 81 valence electrons. The van der Waals surface area contributed by atoms with Crippen LogP contribution in [-0.2, 0) is 0 Å². The minimum Gasteiger partial charge on any atom is -0.357 e. The molecule has 0 heterocycles. The largest absolute Gasteiger partial charge is 0.357 e. The van der Waals surface area contributed by atoms with E-state index in [9.17, 15) is 0 Å². The third-order valence-corrected chi connectivity index (χ3v) is 0. The maximum Gasteiger partial charge on any atom is 0.0695 e. The van der Waals surface area contributed by atoms with Crippen LogP contribution >= 0.6 is 0 Å². The van der Waals surface area contributed by atoms with Crippen LogP contribution in [0.4, 0.5) is 0 Å². The third kappa shape index (κ3) is 1460. The Bertz CT molecular complexity index is 43.4. The van der Waals surface area contributed by atoms with Crippen LogP contribution in [0.25, 0.3) is 0 Å². The summed E-state index contributed by atoms with van der Waals surface area (Å²) >= 11 is 0. The highest BCUT2D eigenvalue weighted by Gasteiger charge is 1.61. The first-order valence-electron chi connectivity index (χ1n) is 1.39. The molecule has 0 rings (SSSR count). The molecule has 0 saturated heterocycles. The third-order valence-electron chi connectivity index (χ3n) is 0. The molecule has 13 heavy (non-hydrogen) atoms. The molecule has 0 aromatic heterocycles. The van der Waals surface area contributed by atoms with Crippen LogP contribution in [0.3, 0.4) is 0 Å². The summed E-state index contributed by atoms with van der Waals surface area (Å²) in [5.74, 6) is 0. The predicted octanol–water partition coefficient (Wildman–Crippen LogP) is -11.1. The highest BCUT2D eigenvalue weighted by Crippen LogP contribution is 1.24. The van der Waals surface area contributed by atoms with Crippen molar-refractivity contribution in [2.45, 2.75) is 0 Å². The van der Waals surface area contributed by atoms with Crippen LogP contribution in [0.2, 0.25) is 0 Å². The first-order chi connectivity index (χ1) is 5.20. The van der Waals surface area contributed by atoms with Crippen molar-refractivity contribution in [3.8, 4) is 0 Å². The van der Waals surface area contributed by atoms with Gasteiger partial charge in [-0.2, -0.15) is 0 Å². The van der Waals surface area contributed by atoms with Gasteiger partial charge < -0.3 is 41.9 Å². The van der Waals surface area contributed by atoms with Crippen molar-refractivity contribution in [1.82, 2.24) is 0 Å². The second-order valence-corrected chi connectivity index (χ2v) is 1.70. The maximum atomic E-state index is 8.41. The summed E-state index contributed by atoms with van der Waals surface area (Å²) < 4.78 is 75.7. The minimum absolute atomic E-state index is 0. The summed E-state index contributed by atoms with van der Waals surface area (Å²) in [6, 6.07) is 0. The summed E-state index contributed by atoms with van der Waals surface area (Å²) in [5.41, 5.74) is 0. The lowest BCUT2D eigenvalue weighted by molar-refractivity contribution is -1.73. The fourth-order valence-electron chi connectivity index (χ4n) is 0. The Kier molecular flexibility index (Phi) is 34.2. The molecule has 0 aromatic rings. The normalized spacial score (nSPS) is 8.31. The van der Waals surface area contributed by atoms with Gasteiger partial charge in [-0.05, 0) is 0 Å². The molecule has 0 N–H and O–H groups in total. The van der Waals surface area contributed by atoms with E-state index in [1.54, 1.807) is 0 Å². The SMILES string of the molecule is [Al].[O-][Cl+2]([O-])[O-].[O-][Cl+2]([O-])[O-].[O-][Cl+2]([O-])[O-].